The molecule has 6 heteroatoms. The highest BCUT2D eigenvalue weighted by Gasteiger charge is 2.25. The first-order valence-electron chi connectivity index (χ1n) is 7.16. The second-order valence-electron chi connectivity index (χ2n) is 5.33. The van der Waals surface area contributed by atoms with Crippen molar-refractivity contribution in [3.8, 4) is 0 Å². The molecule has 1 heterocycles. The van der Waals surface area contributed by atoms with Gasteiger partial charge < -0.3 is 10.2 Å². The maximum atomic E-state index is 13.1. The van der Waals surface area contributed by atoms with E-state index in [4.69, 9.17) is 0 Å². The Bertz CT molecular complexity index is 777. The van der Waals surface area contributed by atoms with Crippen molar-refractivity contribution in [3.63, 3.8) is 0 Å². The molecule has 2 amide bonds. The molecule has 0 fully saturated rings. The highest BCUT2D eigenvalue weighted by molar-refractivity contribution is 6.39. The summed E-state index contributed by atoms with van der Waals surface area (Å²) in [6.07, 6.45) is 0.681. The summed E-state index contributed by atoms with van der Waals surface area (Å²) in [4.78, 5) is 25.7. The lowest BCUT2D eigenvalue weighted by atomic mass is 10.00. The van der Waals surface area contributed by atoms with Crippen molar-refractivity contribution in [2.24, 2.45) is 0 Å². The van der Waals surface area contributed by atoms with Gasteiger partial charge in [-0.1, -0.05) is 24.3 Å². The lowest BCUT2D eigenvalue weighted by Gasteiger charge is -2.28. The quantitative estimate of drug-likeness (QED) is 0.822. The average Bonchev–Trinajstić information content (AvgIpc) is 2.57. The van der Waals surface area contributed by atoms with Gasteiger partial charge in [0.1, 0.15) is 0 Å². The van der Waals surface area contributed by atoms with Crippen molar-refractivity contribution in [1.82, 2.24) is 4.90 Å². The van der Waals surface area contributed by atoms with Crippen molar-refractivity contribution in [3.05, 3.63) is 65.2 Å². The predicted molar refractivity (Wildman–Crippen MR) is 80.6 cm³/mol. The molecule has 4 nitrogen and oxygen atoms in total. The number of anilines is 1. The molecule has 0 saturated heterocycles. The third kappa shape index (κ3) is 3.21. The largest absolute Gasteiger partial charge is 0.330 e. The molecule has 23 heavy (non-hydrogen) atoms. The Labute approximate surface area is 131 Å². The zero-order chi connectivity index (χ0) is 16.4. The summed E-state index contributed by atoms with van der Waals surface area (Å²) < 4.78 is 26.0. The molecule has 0 bridgehead atoms. The molecule has 0 unspecified atom stereocenters. The Kier molecular flexibility index (Phi) is 4.06. The molecule has 0 saturated carbocycles. The number of halogens is 2. The number of benzene rings is 2. The first-order valence-corrected chi connectivity index (χ1v) is 7.16. The molecule has 2 aromatic rings. The van der Waals surface area contributed by atoms with Crippen LogP contribution in [0, 0.1) is 11.6 Å². The standard InChI is InChI=1S/C17H14F2N2O2/c18-14-6-5-13(9-15(14)19)20-16(22)17(23)21-8-7-11-3-1-2-4-12(11)10-21/h1-6,9H,7-8,10H2,(H,20,22). The minimum atomic E-state index is -1.08. The van der Waals surface area contributed by atoms with E-state index in [-0.39, 0.29) is 5.69 Å². The van der Waals surface area contributed by atoms with Crippen molar-refractivity contribution in [2.45, 2.75) is 13.0 Å². The van der Waals surface area contributed by atoms with Crippen molar-refractivity contribution < 1.29 is 18.4 Å². The van der Waals surface area contributed by atoms with Crippen molar-refractivity contribution >= 4 is 17.5 Å². The second-order valence-corrected chi connectivity index (χ2v) is 5.33. The van der Waals surface area contributed by atoms with Gasteiger partial charge in [0, 0.05) is 24.8 Å². The number of carbonyl (C=O) groups is 2. The lowest BCUT2D eigenvalue weighted by Crippen LogP contribution is -2.42. The molecular weight excluding hydrogens is 302 g/mol. The molecule has 0 radical (unpaired) electrons. The van der Waals surface area contributed by atoms with Gasteiger partial charge in [-0.05, 0) is 29.7 Å². The number of nitrogens with zero attached hydrogens (tertiary/aromatic N) is 1. The molecular formula is C17H14F2N2O2. The Hall–Kier alpha value is -2.76. The minimum absolute atomic E-state index is 0.0414. The van der Waals surface area contributed by atoms with Gasteiger partial charge in [-0.3, -0.25) is 9.59 Å². The van der Waals surface area contributed by atoms with E-state index in [1.807, 2.05) is 24.3 Å². The third-order valence-electron chi connectivity index (χ3n) is 3.79. The van der Waals surface area contributed by atoms with E-state index in [0.29, 0.717) is 19.5 Å². The van der Waals surface area contributed by atoms with E-state index in [2.05, 4.69) is 5.32 Å². The van der Waals surface area contributed by atoms with E-state index in [1.54, 1.807) is 0 Å². The fourth-order valence-corrected chi connectivity index (χ4v) is 2.57. The molecule has 3 rings (SSSR count). The summed E-state index contributed by atoms with van der Waals surface area (Å²) in [6, 6.07) is 10.7. The molecule has 0 aromatic heterocycles. The molecule has 0 aliphatic carbocycles. The zero-order valence-electron chi connectivity index (χ0n) is 12.2. The Morgan fingerprint density at radius 2 is 1.74 bits per heavy atom. The molecule has 118 valence electrons. The first-order chi connectivity index (χ1) is 11.0. The van der Waals surface area contributed by atoms with Crippen molar-refractivity contribution in [2.75, 3.05) is 11.9 Å². The molecule has 0 atom stereocenters. The zero-order valence-corrected chi connectivity index (χ0v) is 12.2. The minimum Gasteiger partial charge on any atom is -0.330 e. The van der Waals surface area contributed by atoms with Crippen LogP contribution in [0.5, 0.6) is 0 Å². The van der Waals surface area contributed by atoms with Gasteiger partial charge in [0.25, 0.3) is 0 Å². The Morgan fingerprint density at radius 3 is 2.48 bits per heavy atom. The number of hydrogen-bond acceptors (Lipinski definition) is 2. The SMILES string of the molecule is O=C(Nc1ccc(F)c(F)c1)C(=O)N1CCc2ccccc2C1. The topological polar surface area (TPSA) is 49.4 Å². The van der Waals surface area contributed by atoms with Crippen LogP contribution >= 0.6 is 0 Å². The van der Waals surface area contributed by atoms with Crippen molar-refractivity contribution in [1.29, 1.82) is 0 Å². The highest BCUT2D eigenvalue weighted by atomic mass is 19.2. The molecule has 1 N–H and O–H groups in total. The van der Waals surface area contributed by atoms with E-state index in [1.165, 1.54) is 11.0 Å². The fourth-order valence-electron chi connectivity index (χ4n) is 2.57. The van der Waals surface area contributed by atoms with Crippen LogP contribution in [0.15, 0.2) is 42.5 Å². The Morgan fingerprint density at radius 1 is 1.00 bits per heavy atom. The monoisotopic (exact) mass is 316 g/mol. The van der Waals surface area contributed by atoms with Crippen LogP contribution in [-0.4, -0.2) is 23.3 Å². The first kappa shape index (κ1) is 15.1. The molecule has 1 aliphatic heterocycles. The van der Waals surface area contributed by atoms with E-state index < -0.39 is 23.4 Å². The number of carbonyl (C=O) groups excluding carboxylic acids is 2. The van der Waals surface area contributed by atoms with Gasteiger partial charge >= 0.3 is 11.8 Å². The maximum Gasteiger partial charge on any atom is 0.313 e. The third-order valence-corrected chi connectivity index (χ3v) is 3.79. The number of amides is 2. The average molecular weight is 316 g/mol. The van der Waals surface area contributed by atoms with Crippen LogP contribution in [0.2, 0.25) is 0 Å². The number of hydrogen-bond donors (Lipinski definition) is 1. The predicted octanol–water partition coefficient (Wildman–Crippen LogP) is 2.49. The van der Waals surface area contributed by atoms with Gasteiger partial charge in [-0.2, -0.15) is 0 Å². The number of fused-ring (bicyclic) bond motifs is 1. The van der Waals surface area contributed by atoms with Gasteiger partial charge in [-0.25, -0.2) is 8.78 Å². The van der Waals surface area contributed by atoms with E-state index in [0.717, 1.165) is 23.3 Å². The normalized spacial score (nSPS) is 13.4. The van der Waals surface area contributed by atoms with Crippen LogP contribution in [-0.2, 0) is 22.6 Å². The lowest BCUT2D eigenvalue weighted by molar-refractivity contribution is -0.143. The summed E-state index contributed by atoms with van der Waals surface area (Å²) in [7, 11) is 0. The molecule has 0 spiro atoms. The number of nitrogens with one attached hydrogen (secondary N) is 1. The van der Waals surface area contributed by atoms with Gasteiger partial charge in [-0.15, -0.1) is 0 Å². The van der Waals surface area contributed by atoms with Gasteiger partial charge in [0.2, 0.25) is 0 Å². The summed E-state index contributed by atoms with van der Waals surface area (Å²) >= 11 is 0. The number of rotatable bonds is 1. The van der Waals surface area contributed by atoms with Crippen LogP contribution in [0.3, 0.4) is 0 Å². The van der Waals surface area contributed by atoms with Crippen LogP contribution in [0.4, 0.5) is 14.5 Å². The molecule has 1 aliphatic rings. The van der Waals surface area contributed by atoms with Crippen LogP contribution in [0.25, 0.3) is 0 Å². The highest BCUT2D eigenvalue weighted by Crippen LogP contribution is 2.19. The summed E-state index contributed by atoms with van der Waals surface area (Å²) in [6.45, 7) is 0.807. The summed E-state index contributed by atoms with van der Waals surface area (Å²) in [5.74, 6) is -3.65. The van der Waals surface area contributed by atoms with Crippen LogP contribution in [0.1, 0.15) is 11.1 Å². The Balaban J connectivity index is 1.68. The molecule has 2 aromatic carbocycles. The van der Waals surface area contributed by atoms with Gasteiger partial charge in [0.05, 0.1) is 0 Å². The summed E-state index contributed by atoms with van der Waals surface area (Å²) in [5, 5.41) is 2.29. The smallest absolute Gasteiger partial charge is 0.313 e. The van der Waals surface area contributed by atoms with E-state index in [9.17, 15) is 18.4 Å². The maximum absolute atomic E-state index is 13.1. The fraction of sp³-hybridized carbons (Fsp3) is 0.176. The second kappa shape index (κ2) is 6.16. The van der Waals surface area contributed by atoms with E-state index >= 15 is 0 Å². The van der Waals surface area contributed by atoms with Crippen LogP contribution < -0.4 is 5.32 Å². The summed E-state index contributed by atoms with van der Waals surface area (Å²) in [5.41, 5.74) is 2.21. The van der Waals surface area contributed by atoms with Gasteiger partial charge in [0.15, 0.2) is 11.6 Å².